The molecule has 0 aliphatic heterocycles. The largest absolute Gasteiger partial charge is 0.433 e. The van der Waals surface area contributed by atoms with E-state index in [-0.39, 0.29) is 16.1 Å². The molecule has 0 saturated heterocycles. The van der Waals surface area contributed by atoms with E-state index in [1.54, 1.807) is 13.0 Å². The molecule has 0 atom stereocenters. The van der Waals surface area contributed by atoms with Crippen molar-refractivity contribution in [3.8, 4) is 5.75 Å². The van der Waals surface area contributed by atoms with Crippen LogP contribution in [0.2, 0.25) is 0 Å². The summed E-state index contributed by atoms with van der Waals surface area (Å²) in [6, 6.07) is 5.28. The van der Waals surface area contributed by atoms with E-state index >= 15 is 0 Å². The van der Waals surface area contributed by atoms with Gasteiger partial charge in [0, 0.05) is 6.20 Å². The second-order valence-electron chi connectivity index (χ2n) is 4.27. The summed E-state index contributed by atoms with van der Waals surface area (Å²) in [7, 11) is 0. The summed E-state index contributed by atoms with van der Waals surface area (Å²) < 4.78 is 54.6. The van der Waals surface area contributed by atoms with E-state index in [2.05, 4.69) is 15.2 Å². The number of nitrogens with one attached hydrogen (secondary N) is 1. The number of nitrogens with zero attached hydrogens (tertiary/aromatic N) is 2. The molecule has 0 bridgehead atoms. The molecule has 0 aliphatic rings. The molecular weight excluding hydrogens is 306 g/mol. The Morgan fingerprint density at radius 1 is 1.27 bits per heavy atom. The highest BCUT2D eigenvalue weighted by Gasteiger charge is 2.19. The van der Waals surface area contributed by atoms with Gasteiger partial charge in [-0.15, -0.1) is 0 Å². The molecule has 1 aromatic heterocycles. The van der Waals surface area contributed by atoms with E-state index < -0.39 is 24.8 Å². The summed E-state index contributed by atoms with van der Waals surface area (Å²) in [5.74, 6) is -1.17. The molecule has 0 radical (unpaired) electrons. The van der Waals surface area contributed by atoms with E-state index in [9.17, 15) is 22.4 Å². The number of aromatic nitrogens is 2. The molecule has 0 aliphatic carbocycles. The molecule has 1 aromatic carbocycles. The standard InChI is InChI=1S/C13H11F4N3O2/c1-7-2-3-8(10(6-7)22-13(16)17)19-11(21)9-4-5-18-20(9)12(14)15/h2-6,12-13H,1H3,(H,19,21). The number of halogens is 4. The van der Waals surface area contributed by atoms with Gasteiger partial charge >= 0.3 is 13.2 Å². The molecule has 2 rings (SSSR count). The molecule has 9 heteroatoms. The molecule has 0 spiro atoms. The Morgan fingerprint density at radius 2 is 2.00 bits per heavy atom. The van der Waals surface area contributed by atoms with Crippen LogP contribution in [0.15, 0.2) is 30.5 Å². The van der Waals surface area contributed by atoms with Gasteiger partial charge < -0.3 is 10.1 Å². The second-order valence-corrected chi connectivity index (χ2v) is 4.27. The lowest BCUT2D eigenvalue weighted by atomic mass is 10.2. The minimum absolute atomic E-state index is 0.0575. The third-order valence-corrected chi connectivity index (χ3v) is 2.69. The van der Waals surface area contributed by atoms with Crippen LogP contribution in [0.25, 0.3) is 0 Å². The van der Waals surface area contributed by atoms with Crippen LogP contribution in [0.5, 0.6) is 5.75 Å². The summed E-state index contributed by atoms with van der Waals surface area (Å²) in [5.41, 5.74) is 0.169. The van der Waals surface area contributed by atoms with E-state index in [1.165, 1.54) is 12.1 Å². The fraction of sp³-hybridized carbons (Fsp3) is 0.231. The highest BCUT2D eigenvalue weighted by molar-refractivity contribution is 6.03. The maximum Gasteiger partial charge on any atom is 0.387 e. The van der Waals surface area contributed by atoms with Crippen LogP contribution in [0.3, 0.4) is 0 Å². The SMILES string of the molecule is Cc1ccc(NC(=O)c2ccnn2C(F)F)c(OC(F)F)c1. The van der Waals surface area contributed by atoms with E-state index in [4.69, 9.17) is 0 Å². The van der Waals surface area contributed by atoms with E-state index in [0.717, 1.165) is 12.3 Å². The van der Waals surface area contributed by atoms with Crippen molar-refractivity contribution in [1.29, 1.82) is 0 Å². The minimum Gasteiger partial charge on any atom is -0.433 e. The lowest BCUT2D eigenvalue weighted by Crippen LogP contribution is -2.19. The molecule has 1 N–H and O–H groups in total. The topological polar surface area (TPSA) is 56.2 Å². The third kappa shape index (κ3) is 3.54. The van der Waals surface area contributed by atoms with Crippen molar-refractivity contribution < 1.29 is 27.1 Å². The van der Waals surface area contributed by atoms with Gasteiger partial charge in [0.15, 0.2) is 0 Å². The molecule has 118 valence electrons. The number of carbonyl (C=O) groups is 1. The number of benzene rings is 1. The van der Waals surface area contributed by atoms with Gasteiger partial charge in [-0.3, -0.25) is 4.79 Å². The van der Waals surface area contributed by atoms with Crippen LogP contribution < -0.4 is 10.1 Å². The molecule has 0 saturated carbocycles. The summed E-state index contributed by atoms with van der Waals surface area (Å²) in [4.78, 5) is 12.0. The van der Waals surface area contributed by atoms with Gasteiger partial charge in [0.25, 0.3) is 5.91 Å². The Bertz CT molecular complexity index is 673. The van der Waals surface area contributed by atoms with Crippen LogP contribution >= 0.6 is 0 Å². The maximum absolute atomic E-state index is 12.7. The predicted octanol–water partition coefficient (Wildman–Crippen LogP) is 3.44. The molecule has 5 nitrogen and oxygen atoms in total. The zero-order valence-electron chi connectivity index (χ0n) is 11.3. The van der Waals surface area contributed by atoms with Crippen molar-refractivity contribution in [2.45, 2.75) is 20.1 Å². The minimum atomic E-state index is -3.08. The summed E-state index contributed by atoms with van der Waals surface area (Å²) in [5, 5.41) is 5.57. The van der Waals surface area contributed by atoms with Gasteiger partial charge in [-0.2, -0.15) is 27.3 Å². The highest BCUT2D eigenvalue weighted by Crippen LogP contribution is 2.28. The predicted molar refractivity (Wildman–Crippen MR) is 69.2 cm³/mol. The maximum atomic E-state index is 12.7. The van der Waals surface area contributed by atoms with Crippen LogP contribution in [-0.4, -0.2) is 22.3 Å². The second kappa shape index (κ2) is 6.46. The third-order valence-electron chi connectivity index (χ3n) is 2.69. The van der Waals surface area contributed by atoms with Crippen molar-refractivity contribution in [2.75, 3.05) is 5.32 Å². The Kier molecular flexibility index (Phi) is 4.64. The molecule has 0 fully saturated rings. The smallest absolute Gasteiger partial charge is 0.387 e. The first-order valence-corrected chi connectivity index (χ1v) is 6.07. The first kappa shape index (κ1) is 15.8. The van der Waals surface area contributed by atoms with Crippen LogP contribution in [0.1, 0.15) is 22.6 Å². The number of aryl methyl sites for hydroxylation is 1. The van der Waals surface area contributed by atoms with Gasteiger partial charge in [0.05, 0.1) is 5.69 Å². The molecule has 0 unspecified atom stereocenters. The van der Waals surface area contributed by atoms with Crippen LogP contribution in [-0.2, 0) is 0 Å². The number of anilines is 1. The van der Waals surface area contributed by atoms with Crippen molar-refractivity contribution in [2.24, 2.45) is 0 Å². The lowest BCUT2D eigenvalue weighted by Gasteiger charge is -2.13. The monoisotopic (exact) mass is 317 g/mol. The van der Waals surface area contributed by atoms with Gasteiger partial charge in [0.1, 0.15) is 11.4 Å². The fourth-order valence-corrected chi connectivity index (χ4v) is 1.76. The molecule has 1 amide bonds. The first-order chi connectivity index (χ1) is 10.4. The number of amides is 1. The average Bonchev–Trinajstić information content (AvgIpc) is 2.90. The summed E-state index contributed by atoms with van der Waals surface area (Å²) >= 11 is 0. The molecule has 2 aromatic rings. The zero-order chi connectivity index (χ0) is 16.3. The van der Waals surface area contributed by atoms with Gasteiger partial charge in [-0.1, -0.05) is 6.07 Å². The fourth-order valence-electron chi connectivity index (χ4n) is 1.76. The molecule has 1 heterocycles. The zero-order valence-corrected chi connectivity index (χ0v) is 11.3. The number of ether oxygens (including phenoxy) is 1. The number of rotatable bonds is 5. The average molecular weight is 317 g/mol. The highest BCUT2D eigenvalue weighted by atomic mass is 19.3. The van der Waals surface area contributed by atoms with Crippen LogP contribution in [0.4, 0.5) is 23.2 Å². The quantitative estimate of drug-likeness (QED) is 0.860. The Balaban J connectivity index is 2.26. The Hall–Kier alpha value is -2.58. The van der Waals surface area contributed by atoms with Crippen molar-refractivity contribution in [1.82, 2.24) is 9.78 Å². The number of hydrogen-bond donors (Lipinski definition) is 1. The normalized spacial score (nSPS) is 11.0. The van der Waals surface area contributed by atoms with Crippen molar-refractivity contribution in [3.63, 3.8) is 0 Å². The summed E-state index contributed by atoms with van der Waals surface area (Å²) in [6.07, 6.45) is 1.03. The Morgan fingerprint density at radius 3 is 2.64 bits per heavy atom. The van der Waals surface area contributed by atoms with Crippen molar-refractivity contribution >= 4 is 11.6 Å². The summed E-state index contributed by atoms with van der Waals surface area (Å²) in [6.45, 7) is -4.43. The molecule has 22 heavy (non-hydrogen) atoms. The van der Waals surface area contributed by atoms with E-state index in [1.807, 2.05) is 0 Å². The lowest BCUT2D eigenvalue weighted by molar-refractivity contribution is -0.0494. The molecular formula is C13H11F4N3O2. The van der Waals surface area contributed by atoms with Gasteiger partial charge in [-0.25, -0.2) is 0 Å². The van der Waals surface area contributed by atoms with Crippen LogP contribution in [0, 0.1) is 6.92 Å². The number of alkyl halides is 4. The van der Waals surface area contributed by atoms with E-state index in [0.29, 0.717) is 5.56 Å². The van der Waals surface area contributed by atoms with Crippen molar-refractivity contribution in [3.05, 3.63) is 41.7 Å². The first-order valence-electron chi connectivity index (χ1n) is 6.07. The number of hydrogen-bond acceptors (Lipinski definition) is 3. The Labute approximate surface area is 122 Å². The van der Waals surface area contributed by atoms with Gasteiger partial charge in [0.2, 0.25) is 0 Å². The number of carbonyl (C=O) groups excluding carboxylic acids is 1. The van der Waals surface area contributed by atoms with Gasteiger partial charge in [-0.05, 0) is 30.7 Å².